The Morgan fingerprint density at radius 2 is 1.79 bits per heavy atom. The summed E-state index contributed by atoms with van der Waals surface area (Å²) in [5.41, 5.74) is 7.42. The van der Waals surface area contributed by atoms with Crippen molar-refractivity contribution in [3.8, 4) is 6.07 Å². The minimum atomic E-state index is 0.472. The number of allylic oxidation sites excluding steroid dienone is 1. The van der Waals surface area contributed by atoms with E-state index < -0.39 is 0 Å². The molecule has 0 bridgehead atoms. The third kappa shape index (κ3) is 3.91. The number of fused-ring (bicyclic) bond motifs is 2. The second-order valence-corrected chi connectivity index (χ2v) is 8.95. The summed E-state index contributed by atoms with van der Waals surface area (Å²) < 4.78 is 2.11. The van der Waals surface area contributed by atoms with E-state index in [1.807, 2.05) is 54.7 Å². The molecule has 0 amide bonds. The molecular formula is C27H20Cl2N4. The molecule has 0 saturated carbocycles. The van der Waals surface area contributed by atoms with Crippen molar-refractivity contribution >= 4 is 56.8 Å². The molecule has 0 unspecified atom stereocenters. The summed E-state index contributed by atoms with van der Waals surface area (Å²) >= 11 is 12.8. The van der Waals surface area contributed by atoms with Gasteiger partial charge in [-0.25, -0.2) is 4.98 Å². The van der Waals surface area contributed by atoms with Crippen molar-refractivity contribution in [2.45, 2.75) is 20.4 Å². The third-order valence-corrected chi connectivity index (χ3v) is 6.69. The standard InChI is InChI=1S/C27H20Cl2N4/c1-16-10-24-25(11-17(16)2)32-27(31-24)18(13-30)12-19-14-33(26-9-4-3-6-20(19)26)15-21-22(28)7-5-8-23(21)29/h3-12,14H,15H2,1-2H3,(H,31,32). The predicted molar refractivity (Wildman–Crippen MR) is 137 cm³/mol. The summed E-state index contributed by atoms with van der Waals surface area (Å²) in [4.78, 5) is 7.97. The first kappa shape index (κ1) is 21.3. The molecule has 2 aromatic heterocycles. The Balaban J connectivity index is 1.62. The van der Waals surface area contributed by atoms with Crippen molar-refractivity contribution in [1.29, 1.82) is 5.26 Å². The van der Waals surface area contributed by atoms with Gasteiger partial charge in [-0.05, 0) is 61.4 Å². The number of H-pyrrole nitrogens is 1. The van der Waals surface area contributed by atoms with E-state index in [1.54, 1.807) is 0 Å². The highest BCUT2D eigenvalue weighted by atomic mass is 35.5. The number of imidazole rings is 1. The molecule has 4 nitrogen and oxygen atoms in total. The van der Waals surface area contributed by atoms with Crippen LogP contribution in [0.4, 0.5) is 0 Å². The molecule has 6 heteroatoms. The molecule has 0 fully saturated rings. The van der Waals surface area contributed by atoms with Gasteiger partial charge in [-0.3, -0.25) is 0 Å². The Morgan fingerprint density at radius 3 is 2.55 bits per heavy atom. The molecule has 1 N–H and O–H groups in total. The van der Waals surface area contributed by atoms with Crippen LogP contribution in [-0.4, -0.2) is 14.5 Å². The van der Waals surface area contributed by atoms with Gasteiger partial charge < -0.3 is 9.55 Å². The molecule has 2 heterocycles. The lowest BCUT2D eigenvalue weighted by Crippen LogP contribution is -1.99. The molecule has 0 aliphatic carbocycles. The number of hydrogen-bond donors (Lipinski definition) is 1. The van der Waals surface area contributed by atoms with E-state index in [2.05, 4.69) is 46.6 Å². The number of benzene rings is 3. The summed E-state index contributed by atoms with van der Waals surface area (Å²) in [6.07, 6.45) is 3.91. The Labute approximate surface area is 201 Å². The van der Waals surface area contributed by atoms with Gasteiger partial charge in [-0.1, -0.05) is 47.5 Å². The van der Waals surface area contributed by atoms with Crippen LogP contribution in [0.25, 0.3) is 33.6 Å². The van der Waals surface area contributed by atoms with E-state index in [-0.39, 0.29) is 0 Å². The zero-order chi connectivity index (χ0) is 23.1. The lowest BCUT2D eigenvalue weighted by molar-refractivity contribution is 0.836. The van der Waals surface area contributed by atoms with E-state index in [0.29, 0.717) is 28.0 Å². The van der Waals surface area contributed by atoms with Crippen LogP contribution in [0.3, 0.4) is 0 Å². The fourth-order valence-electron chi connectivity index (χ4n) is 4.08. The number of rotatable bonds is 4. The van der Waals surface area contributed by atoms with Crippen LogP contribution in [-0.2, 0) is 6.54 Å². The monoisotopic (exact) mass is 470 g/mol. The van der Waals surface area contributed by atoms with Gasteiger partial charge in [0, 0.05) is 38.3 Å². The number of halogens is 2. The Kier molecular flexibility index (Phi) is 5.46. The molecule has 5 rings (SSSR count). The maximum atomic E-state index is 9.94. The van der Waals surface area contributed by atoms with Crippen LogP contribution in [0.1, 0.15) is 28.1 Å². The number of nitriles is 1. The van der Waals surface area contributed by atoms with E-state index in [1.165, 1.54) is 11.1 Å². The van der Waals surface area contributed by atoms with Crippen molar-refractivity contribution in [2.24, 2.45) is 0 Å². The fourth-order valence-corrected chi connectivity index (χ4v) is 4.60. The Bertz CT molecular complexity index is 1540. The number of aryl methyl sites for hydroxylation is 2. The highest BCUT2D eigenvalue weighted by Gasteiger charge is 2.14. The minimum absolute atomic E-state index is 0.472. The van der Waals surface area contributed by atoms with Crippen molar-refractivity contribution in [2.75, 3.05) is 0 Å². The number of aromatic nitrogens is 3. The molecule has 0 radical (unpaired) electrons. The molecular weight excluding hydrogens is 451 g/mol. The van der Waals surface area contributed by atoms with Crippen LogP contribution in [0, 0.1) is 25.2 Å². The van der Waals surface area contributed by atoms with Crippen molar-refractivity contribution in [1.82, 2.24) is 14.5 Å². The molecule has 0 aliphatic heterocycles. The number of para-hydroxylation sites is 1. The lowest BCUT2D eigenvalue weighted by atomic mass is 10.1. The summed E-state index contributed by atoms with van der Waals surface area (Å²) in [5, 5.41) is 12.2. The average Bonchev–Trinajstić information content (AvgIpc) is 3.36. The second kappa shape index (κ2) is 8.44. The SMILES string of the molecule is Cc1cc2nc(C(C#N)=Cc3cn(Cc4c(Cl)cccc4Cl)c4ccccc34)[nH]c2cc1C. The molecule has 5 aromatic rings. The molecule has 0 atom stereocenters. The van der Waals surface area contributed by atoms with Crippen LogP contribution in [0.5, 0.6) is 0 Å². The van der Waals surface area contributed by atoms with Crippen LogP contribution >= 0.6 is 23.2 Å². The van der Waals surface area contributed by atoms with Crippen LogP contribution in [0.2, 0.25) is 10.0 Å². The number of aromatic amines is 1. The molecule has 162 valence electrons. The third-order valence-electron chi connectivity index (χ3n) is 5.98. The first-order valence-corrected chi connectivity index (χ1v) is 11.3. The van der Waals surface area contributed by atoms with Crippen molar-refractivity contribution < 1.29 is 0 Å². The van der Waals surface area contributed by atoms with E-state index in [9.17, 15) is 5.26 Å². The van der Waals surface area contributed by atoms with E-state index >= 15 is 0 Å². The van der Waals surface area contributed by atoms with Gasteiger partial charge in [0.05, 0.1) is 23.2 Å². The normalized spacial score (nSPS) is 11.9. The van der Waals surface area contributed by atoms with Crippen molar-refractivity contribution in [3.63, 3.8) is 0 Å². The molecule has 0 spiro atoms. The zero-order valence-electron chi connectivity index (χ0n) is 18.2. The quantitative estimate of drug-likeness (QED) is 0.275. The largest absolute Gasteiger partial charge is 0.342 e. The van der Waals surface area contributed by atoms with Crippen molar-refractivity contribution in [3.05, 3.63) is 98.9 Å². The number of nitrogens with zero attached hydrogens (tertiary/aromatic N) is 3. The van der Waals surface area contributed by atoms with Gasteiger partial charge in [0.2, 0.25) is 0 Å². The molecule has 0 saturated heterocycles. The highest BCUT2D eigenvalue weighted by Crippen LogP contribution is 2.30. The lowest BCUT2D eigenvalue weighted by Gasteiger charge is -2.09. The van der Waals surface area contributed by atoms with Gasteiger partial charge in [-0.2, -0.15) is 5.26 Å². The summed E-state index contributed by atoms with van der Waals surface area (Å²) in [7, 11) is 0. The highest BCUT2D eigenvalue weighted by molar-refractivity contribution is 6.36. The van der Waals surface area contributed by atoms with Gasteiger partial charge >= 0.3 is 0 Å². The summed E-state index contributed by atoms with van der Waals surface area (Å²) in [6.45, 7) is 4.65. The van der Waals surface area contributed by atoms with Gasteiger partial charge in [0.15, 0.2) is 0 Å². The smallest absolute Gasteiger partial charge is 0.149 e. The Hall–Kier alpha value is -3.52. The second-order valence-electron chi connectivity index (χ2n) is 8.14. The molecule has 3 aromatic carbocycles. The molecule has 0 aliphatic rings. The van der Waals surface area contributed by atoms with E-state index in [0.717, 1.165) is 33.1 Å². The Morgan fingerprint density at radius 1 is 1.06 bits per heavy atom. The van der Waals surface area contributed by atoms with Crippen LogP contribution in [0.15, 0.2) is 60.8 Å². The number of nitrogens with one attached hydrogen (secondary N) is 1. The summed E-state index contributed by atoms with van der Waals surface area (Å²) in [6, 6.07) is 20.0. The number of hydrogen-bond acceptors (Lipinski definition) is 2. The first-order valence-electron chi connectivity index (χ1n) is 10.5. The van der Waals surface area contributed by atoms with Crippen LogP contribution < -0.4 is 0 Å². The molecule has 33 heavy (non-hydrogen) atoms. The zero-order valence-corrected chi connectivity index (χ0v) is 19.7. The maximum absolute atomic E-state index is 9.94. The average molecular weight is 471 g/mol. The summed E-state index contributed by atoms with van der Waals surface area (Å²) in [5.74, 6) is 0.559. The van der Waals surface area contributed by atoms with Gasteiger partial charge in [-0.15, -0.1) is 0 Å². The topological polar surface area (TPSA) is 57.4 Å². The first-order chi connectivity index (χ1) is 15.9. The fraction of sp³-hybridized carbons (Fsp3) is 0.111. The predicted octanol–water partition coefficient (Wildman–Crippen LogP) is 7.55. The van der Waals surface area contributed by atoms with Gasteiger partial charge in [0.25, 0.3) is 0 Å². The maximum Gasteiger partial charge on any atom is 0.149 e. The van der Waals surface area contributed by atoms with Gasteiger partial charge in [0.1, 0.15) is 11.9 Å². The van der Waals surface area contributed by atoms with E-state index in [4.69, 9.17) is 23.2 Å². The minimum Gasteiger partial charge on any atom is -0.342 e.